The molecule has 0 aliphatic rings. The molecule has 6 nitrogen and oxygen atoms in total. The van der Waals surface area contributed by atoms with Crippen LogP contribution >= 0.6 is 0 Å². The number of nitrogens with zero attached hydrogens (tertiary/aromatic N) is 1. The summed E-state index contributed by atoms with van der Waals surface area (Å²) in [7, 11) is 1.38. The monoisotopic (exact) mass is 213 g/mol. The third-order valence-corrected chi connectivity index (χ3v) is 1.62. The van der Waals surface area contributed by atoms with E-state index in [4.69, 9.17) is 19.7 Å². The number of carboxylic acid groups (broad SMARTS) is 1. The first-order valence-corrected chi connectivity index (χ1v) is 4.20. The van der Waals surface area contributed by atoms with Gasteiger partial charge in [-0.2, -0.15) is 0 Å². The van der Waals surface area contributed by atoms with E-state index in [-0.39, 0.29) is 30.4 Å². The molecule has 6 heteroatoms. The predicted molar refractivity (Wildman–Crippen MR) is 50.3 cm³/mol. The third-order valence-electron chi connectivity index (χ3n) is 1.62. The van der Waals surface area contributed by atoms with Crippen molar-refractivity contribution in [2.24, 2.45) is 0 Å². The van der Waals surface area contributed by atoms with Crippen molar-refractivity contribution in [1.82, 2.24) is 4.98 Å². The molecule has 1 heterocycles. The van der Waals surface area contributed by atoms with Gasteiger partial charge in [0.15, 0.2) is 5.75 Å². The third kappa shape index (κ3) is 2.81. The van der Waals surface area contributed by atoms with Crippen molar-refractivity contribution in [1.29, 1.82) is 0 Å². The standard InChI is InChI=1S/C9H11NO5/c1-14-7-4-6(9(12)13)5-10-8(7)15-3-2-11/h4-5,11H,2-3H2,1H3,(H,12,13). The van der Waals surface area contributed by atoms with Gasteiger partial charge in [0.25, 0.3) is 5.88 Å². The molecular weight excluding hydrogens is 202 g/mol. The number of hydrogen-bond acceptors (Lipinski definition) is 5. The summed E-state index contributed by atoms with van der Waals surface area (Å²) >= 11 is 0. The van der Waals surface area contributed by atoms with Crippen molar-refractivity contribution in [3.05, 3.63) is 17.8 Å². The van der Waals surface area contributed by atoms with E-state index < -0.39 is 5.97 Å². The molecule has 0 unspecified atom stereocenters. The fourth-order valence-corrected chi connectivity index (χ4v) is 0.946. The average molecular weight is 213 g/mol. The second kappa shape index (κ2) is 5.16. The Morgan fingerprint density at radius 2 is 2.33 bits per heavy atom. The quantitative estimate of drug-likeness (QED) is 0.724. The molecule has 0 atom stereocenters. The molecular formula is C9H11NO5. The van der Waals surface area contributed by atoms with E-state index in [9.17, 15) is 4.79 Å². The lowest BCUT2D eigenvalue weighted by Gasteiger charge is -2.08. The van der Waals surface area contributed by atoms with E-state index >= 15 is 0 Å². The summed E-state index contributed by atoms with van der Waals surface area (Å²) in [5.74, 6) is -0.700. The molecule has 0 saturated carbocycles. The summed E-state index contributed by atoms with van der Waals surface area (Å²) in [5, 5.41) is 17.2. The normalized spacial score (nSPS) is 9.73. The summed E-state index contributed by atoms with van der Waals surface area (Å²) in [4.78, 5) is 14.4. The van der Waals surface area contributed by atoms with E-state index in [1.807, 2.05) is 0 Å². The summed E-state index contributed by atoms with van der Waals surface area (Å²) in [6.45, 7) is -0.0682. The molecule has 0 saturated heterocycles. The van der Waals surface area contributed by atoms with Crippen molar-refractivity contribution in [2.45, 2.75) is 0 Å². The summed E-state index contributed by atoms with van der Waals surface area (Å²) < 4.78 is 9.93. The van der Waals surface area contributed by atoms with Gasteiger partial charge in [-0.1, -0.05) is 0 Å². The van der Waals surface area contributed by atoms with Crippen LogP contribution in [0.3, 0.4) is 0 Å². The zero-order valence-electron chi connectivity index (χ0n) is 8.14. The van der Waals surface area contributed by atoms with Crippen LogP contribution in [0.15, 0.2) is 12.3 Å². The Morgan fingerprint density at radius 3 is 2.87 bits per heavy atom. The van der Waals surface area contributed by atoms with Gasteiger partial charge in [-0.3, -0.25) is 0 Å². The largest absolute Gasteiger partial charge is 0.491 e. The Balaban J connectivity index is 2.93. The molecule has 0 aliphatic heterocycles. The summed E-state index contributed by atoms with van der Waals surface area (Å²) in [6, 6.07) is 1.31. The van der Waals surface area contributed by atoms with Crippen LogP contribution in [0, 0.1) is 0 Å². The molecule has 0 radical (unpaired) electrons. The van der Waals surface area contributed by atoms with Gasteiger partial charge in [-0.05, 0) is 0 Å². The minimum Gasteiger partial charge on any atom is -0.491 e. The first-order valence-electron chi connectivity index (χ1n) is 4.20. The van der Waals surface area contributed by atoms with Gasteiger partial charge in [0.1, 0.15) is 6.61 Å². The highest BCUT2D eigenvalue weighted by Gasteiger charge is 2.11. The highest BCUT2D eigenvalue weighted by Crippen LogP contribution is 2.24. The number of hydrogen-bond donors (Lipinski definition) is 2. The molecule has 15 heavy (non-hydrogen) atoms. The molecule has 1 aromatic rings. The van der Waals surface area contributed by atoms with Crippen molar-refractivity contribution < 1.29 is 24.5 Å². The Kier molecular flexibility index (Phi) is 3.87. The molecule has 2 N–H and O–H groups in total. The number of carbonyl (C=O) groups is 1. The van der Waals surface area contributed by atoms with Gasteiger partial charge in [-0.15, -0.1) is 0 Å². The zero-order valence-corrected chi connectivity index (χ0v) is 8.14. The fraction of sp³-hybridized carbons (Fsp3) is 0.333. The number of aliphatic hydroxyl groups is 1. The van der Waals surface area contributed by atoms with Crippen molar-refractivity contribution in [3.8, 4) is 11.6 Å². The van der Waals surface area contributed by atoms with Crippen LogP contribution < -0.4 is 9.47 Å². The van der Waals surface area contributed by atoms with E-state index in [0.717, 1.165) is 6.20 Å². The molecule has 82 valence electrons. The molecule has 0 amide bonds. The number of methoxy groups -OCH3 is 1. The van der Waals surface area contributed by atoms with Crippen LogP contribution in [0.5, 0.6) is 11.6 Å². The number of carboxylic acids is 1. The zero-order chi connectivity index (χ0) is 11.3. The minimum absolute atomic E-state index is 0.0169. The van der Waals surface area contributed by atoms with Crippen LogP contribution in [-0.4, -0.2) is 41.5 Å². The Hall–Kier alpha value is -1.82. The van der Waals surface area contributed by atoms with Crippen LogP contribution in [0.1, 0.15) is 10.4 Å². The number of ether oxygens (including phenoxy) is 2. The fourth-order valence-electron chi connectivity index (χ4n) is 0.946. The van der Waals surface area contributed by atoms with Gasteiger partial charge in [0, 0.05) is 12.3 Å². The Labute approximate surface area is 86.1 Å². The number of aromatic nitrogens is 1. The van der Waals surface area contributed by atoms with Crippen LogP contribution in [0.2, 0.25) is 0 Å². The SMILES string of the molecule is COc1cc(C(=O)O)cnc1OCCO. The lowest BCUT2D eigenvalue weighted by Crippen LogP contribution is -2.06. The molecule has 1 aromatic heterocycles. The van der Waals surface area contributed by atoms with Crippen molar-refractivity contribution in [2.75, 3.05) is 20.3 Å². The van der Waals surface area contributed by atoms with E-state index in [0.29, 0.717) is 0 Å². The van der Waals surface area contributed by atoms with Crippen molar-refractivity contribution >= 4 is 5.97 Å². The van der Waals surface area contributed by atoms with E-state index in [1.54, 1.807) is 0 Å². The van der Waals surface area contributed by atoms with Crippen LogP contribution in [0.25, 0.3) is 0 Å². The van der Waals surface area contributed by atoms with Crippen LogP contribution in [-0.2, 0) is 0 Å². The maximum Gasteiger partial charge on any atom is 0.337 e. The average Bonchev–Trinajstić information content (AvgIpc) is 2.25. The lowest BCUT2D eigenvalue weighted by molar-refractivity contribution is 0.0695. The summed E-state index contributed by atoms with van der Waals surface area (Å²) in [6.07, 6.45) is 1.16. The first kappa shape index (κ1) is 11.3. The Morgan fingerprint density at radius 1 is 1.60 bits per heavy atom. The lowest BCUT2D eigenvalue weighted by atomic mass is 10.3. The molecule has 1 rings (SSSR count). The second-order valence-electron chi connectivity index (χ2n) is 2.61. The van der Waals surface area contributed by atoms with Crippen molar-refractivity contribution in [3.63, 3.8) is 0 Å². The highest BCUT2D eigenvalue weighted by molar-refractivity contribution is 5.87. The molecule has 0 aliphatic carbocycles. The molecule has 0 fully saturated rings. The number of aliphatic hydroxyl groups excluding tert-OH is 1. The van der Waals surface area contributed by atoms with Gasteiger partial charge < -0.3 is 19.7 Å². The van der Waals surface area contributed by atoms with E-state index in [1.165, 1.54) is 13.2 Å². The Bertz CT molecular complexity index is 352. The summed E-state index contributed by atoms with van der Waals surface area (Å²) in [5.41, 5.74) is 0.0169. The second-order valence-corrected chi connectivity index (χ2v) is 2.61. The number of aromatic carboxylic acids is 1. The minimum atomic E-state index is -1.09. The number of rotatable bonds is 5. The maximum absolute atomic E-state index is 10.6. The van der Waals surface area contributed by atoms with Gasteiger partial charge in [0.05, 0.1) is 19.3 Å². The first-order chi connectivity index (χ1) is 7.19. The molecule has 0 spiro atoms. The predicted octanol–water partition coefficient (Wildman–Crippen LogP) is 0.159. The number of pyridine rings is 1. The smallest absolute Gasteiger partial charge is 0.337 e. The topological polar surface area (TPSA) is 88.9 Å². The van der Waals surface area contributed by atoms with Crippen LogP contribution in [0.4, 0.5) is 0 Å². The molecule has 0 aromatic carbocycles. The molecule has 0 bridgehead atoms. The van der Waals surface area contributed by atoms with Gasteiger partial charge in [0.2, 0.25) is 0 Å². The highest BCUT2D eigenvalue weighted by atomic mass is 16.5. The van der Waals surface area contributed by atoms with Gasteiger partial charge in [-0.25, -0.2) is 9.78 Å². The van der Waals surface area contributed by atoms with E-state index in [2.05, 4.69) is 4.98 Å². The van der Waals surface area contributed by atoms with Gasteiger partial charge >= 0.3 is 5.97 Å². The maximum atomic E-state index is 10.6.